The molecule has 1 aliphatic carbocycles. The number of H-pyrrole nitrogens is 1. The van der Waals surface area contributed by atoms with Crippen LogP contribution in [0, 0.1) is 0 Å². The van der Waals surface area contributed by atoms with Crippen LogP contribution in [0.25, 0.3) is 10.9 Å². The molecule has 1 saturated carbocycles. The van der Waals surface area contributed by atoms with Gasteiger partial charge in [-0.15, -0.1) is 0 Å². The van der Waals surface area contributed by atoms with Crippen molar-refractivity contribution in [2.24, 2.45) is 0 Å². The van der Waals surface area contributed by atoms with Gasteiger partial charge in [-0.3, -0.25) is 0 Å². The molecule has 0 spiro atoms. The van der Waals surface area contributed by atoms with Crippen LogP contribution in [-0.2, 0) is 16.3 Å². The Morgan fingerprint density at radius 3 is 2.58 bits per heavy atom. The average Bonchev–Trinajstić information content (AvgIpc) is 3.31. The van der Waals surface area contributed by atoms with E-state index >= 15 is 0 Å². The van der Waals surface area contributed by atoms with Crippen molar-refractivity contribution in [1.29, 1.82) is 0 Å². The van der Waals surface area contributed by atoms with Gasteiger partial charge in [0.1, 0.15) is 0 Å². The smallest absolute Gasteiger partial charge is 0.208 e. The van der Waals surface area contributed by atoms with E-state index in [1.807, 2.05) is 24.3 Å². The summed E-state index contributed by atoms with van der Waals surface area (Å²) in [5, 5.41) is 4.31. The molecule has 3 aromatic rings. The van der Waals surface area contributed by atoms with Crippen LogP contribution in [-0.4, -0.2) is 26.0 Å². The highest BCUT2D eigenvalue weighted by Gasteiger charge is 2.23. The maximum absolute atomic E-state index is 13.0. The number of rotatable bonds is 6. The predicted octanol–water partition coefficient (Wildman–Crippen LogP) is 3.30. The average molecular weight is 340 g/mol. The summed E-state index contributed by atoms with van der Waals surface area (Å²) in [6, 6.07) is 15.2. The lowest BCUT2D eigenvalue weighted by atomic mass is 10.1. The molecule has 5 heteroatoms. The summed E-state index contributed by atoms with van der Waals surface area (Å²) >= 11 is 0. The molecule has 124 valence electrons. The van der Waals surface area contributed by atoms with Crippen LogP contribution in [0.2, 0.25) is 0 Å². The Morgan fingerprint density at radius 1 is 1.04 bits per heavy atom. The standard InChI is InChI=1S/C19H20N2O2S/c22-24(23,16-6-2-1-3-7-16)18-13-21-17-8-4-5-14(19(17)18)11-12-20-15-9-10-15/h1-8,13,15,20-21H,9-12H2. The molecule has 1 aromatic heterocycles. The fraction of sp³-hybridized carbons (Fsp3) is 0.263. The minimum atomic E-state index is -3.53. The van der Waals surface area contributed by atoms with Crippen molar-refractivity contribution < 1.29 is 8.42 Å². The molecule has 2 N–H and O–H groups in total. The molecule has 24 heavy (non-hydrogen) atoms. The van der Waals surface area contributed by atoms with Gasteiger partial charge in [0.25, 0.3) is 0 Å². The van der Waals surface area contributed by atoms with Crippen LogP contribution in [0.3, 0.4) is 0 Å². The third-order valence-corrected chi connectivity index (χ3v) is 6.30. The van der Waals surface area contributed by atoms with E-state index in [1.54, 1.807) is 30.5 Å². The number of fused-ring (bicyclic) bond motifs is 1. The minimum Gasteiger partial charge on any atom is -0.360 e. The molecule has 0 atom stereocenters. The van der Waals surface area contributed by atoms with E-state index in [0.29, 0.717) is 15.8 Å². The zero-order valence-corrected chi connectivity index (χ0v) is 14.1. The highest BCUT2D eigenvalue weighted by atomic mass is 32.2. The van der Waals surface area contributed by atoms with Crippen LogP contribution in [0.5, 0.6) is 0 Å². The van der Waals surface area contributed by atoms with Crippen molar-refractivity contribution in [2.75, 3.05) is 6.54 Å². The van der Waals surface area contributed by atoms with Gasteiger partial charge in [0.05, 0.1) is 9.79 Å². The zero-order valence-electron chi connectivity index (χ0n) is 13.3. The summed E-state index contributed by atoms with van der Waals surface area (Å²) in [5.41, 5.74) is 1.94. The van der Waals surface area contributed by atoms with E-state index < -0.39 is 9.84 Å². The van der Waals surface area contributed by atoms with Crippen molar-refractivity contribution in [2.45, 2.75) is 35.1 Å². The molecule has 0 aliphatic heterocycles. The number of aromatic nitrogens is 1. The van der Waals surface area contributed by atoms with Crippen molar-refractivity contribution in [1.82, 2.24) is 10.3 Å². The van der Waals surface area contributed by atoms with Gasteiger partial charge in [-0.05, 0) is 49.6 Å². The first-order valence-electron chi connectivity index (χ1n) is 8.29. The highest BCUT2D eigenvalue weighted by molar-refractivity contribution is 7.91. The van der Waals surface area contributed by atoms with Gasteiger partial charge in [0, 0.05) is 23.1 Å². The number of nitrogens with one attached hydrogen (secondary N) is 2. The Labute approximate surface area is 141 Å². The minimum absolute atomic E-state index is 0.330. The lowest BCUT2D eigenvalue weighted by Crippen LogP contribution is -2.19. The van der Waals surface area contributed by atoms with Crippen LogP contribution in [0.1, 0.15) is 18.4 Å². The topological polar surface area (TPSA) is 62.0 Å². The fourth-order valence-corrected chi connectivity index (χ4v) is 4.57. The molecule has 0 amide bonds. The summed E-state index contributed by atoms with van der Waals surface area (Å²) in [6.07, 6.45) is 4.94. The number of sulfone groups is 1. The first-order chi connectivity index (χ1) is 11.7. The summed E-state index contributed by atoms with van der Waals surface area (Å²) in [6.45, 7) is 0.875. The third-order valence-electron chi connectivity index (χ3n) is 4.50. The van der Waals surface area contributed by atoms with E-state index in [4.69, 9.17) is 0 Å². The third kappa shape index (κ3) is 2.85. The SMILES string of the molecule is O=S(=O)(c1ccccc1)c1c[nH]c2cccc(CCNC3CC3)c12. The van der Waals surface area contributed by atoms with Gasteiger partial charge < -0.3 is 10.3 Å². The van der Waals surface area contributed by atoms with E-state index in [0.717, 1.165) is 29.4 Å². The molecule has 1 fully saturated rings. The molecular formula is C19H20N2O2S. The first-order valence-corrected chi connectivity index (χ1v) is 9.77. The second-order valence-corrected chi connectivity index (χ2v) is 8.21. The van der Waals surface area contributed by atoms with Gasteiger partial charge in [0.2, 0.25) is 9.84 Å². The normalized spacial score (nSPS) is 15.0. The maximum Gasteiger partial charge on any atom is 0.208 e. The molecular weight excluding hydrogens is 320 g/mol. The molecule has 4 rings (SSSR count). The number of benzene rings is 2. The molecule has 1 aliphatic rings. The summed E-state index contributed by atoms with van der Waals surface area (Å²) < 4.78 is 26.0. The number of hydrogen-bond donors (Lipinski definition) is 2. The van der Waals surface area contributed by atoms with Crippen molar-refractivity contribution in [3.63, 3.8) is 0 Å². The van der Waals surface area contributed by atoms with Crippen molar-refractivity contribution in [3.05, 3.63) is 60.3 Å². The Bertz CT molecular complexity index is 957. The molecule has 1 heterocycles. The lowest BCUT2D eigenvalue weighted by Gasteiger charge is -2.08. The molecule has 4 nitrogen and oxygen atoms in total. The Hall–Kier alpha value is -2.11. The largest absolute Gasteiger partial charge is 0.360 e. The van der Waals surface area contributed by atoms with Gasteiger partial charge in [-0.1, -0.05) is 30.3 Å². The highest BCUT2D eigenvalue weighted by Crippen LogP contribution is 2.31. The molecule has 0 radical (unpaired) electrons. The van der Waals surface area contributed by atoms with E-state index in [-0.39, 0.29) is 0 Å². The predicted molar refractivity (Wildman–Crippen MR) is 94.9 cm³/mol. The lowest BCUT2D eigenvalue weighted by molar-refractivity contribution is 0.597. The summed E-state index contributed by atoms with van der Waals surface area (Å²) in [7, 11) is -3.53. The first kappa shape index (κ1) is 15.4. The zero-order chi connectivity index (χ0) is 16.6. The van der Waals surface area contributed by atoms with Gasteiger partial charge in [-0.2, -0.15) is 0 Å². The van der Waals surface area contributed by atoms with Gasteiger partial charge >= 0.3 is 0 Å². The molecule has 0 bridgehead atoms. The maximum atomic E-state index is 13.0. The quantitative estimate of drug-likeness (QED) is 0.724. The van der Waals surface area contributed by atoms with Gasteiger partial charge in [-0.25, -0.2) is 8.42 Å². The fourth-order valence-electron chi connectivity index (χ4n) is 3.07. The van der Waals surface area contributed by atoms with Crippen LogP contribution >= 0.6 is 0 Å². The Morgan fingerprint density at radius 2 is 1.83 bits per heavy atom. The van der Waals surface area contributed by atoms with E-state index in [2.05, 4.69) is 10.3 Å². The molecule has 2 aromatic carbocycles. The number of hydrogen-bond acceptors (Lipinski definition) is 3. The summed E-state index contributed by atoms with van der Waals surface area (Å²) in [4.78, 5) is 3.81. The Kier molecular flexibility index (Phi) is 3.90. The second kappa shape index (κ2) is 6.07. The van der Waals surface area contributed by atoms with Crippen molar-refractivity contribution >= 4 is 20.7 Å². The Balaban J connectivity index is 1.75. The van der Waals surface area contributed by atoms with Gasteiger partial charge in [0.15, 0.2) is 0 Å². The monoisotopic (exact) mass is 340 g/mol. The van der Waals surface area contributed by atoms with E-state index in [9.17, 15) is 8.42 Å². The summed E-state index contributed by atoms with van der Waals surface area (Å²) in [5.74, 6) is 0. The molecule has 0 saturated heterocycles. The van der Waals surface area contributed by atoms with E-state index in [1.165, 1.54) is 12.8 Å². The second-order valence-electron chi connectivity index (χ2n) is 6.29. The van der Waals surface area contributed by atoms with Crippen LogP contribution < -0.4 is 5.32 Å². The van der Waals surface area contributed by atoms with Crippen LogP contribution in [0.4, 0.5) is 0 Å². The molecule has 0 unspecified atom stereocenters. The van der Waals surface area contributed by atoms with Crippen LogP contribution in [0.15, 0.2) is 64.5 Å². The number of aromatic amines is 1. The van der Waals surface area contributed by atoms with Crippen molar-refractivity contribution in [3.8, 4) is 0 Å².